The molecule has 1 aliphatic rings. The minimum atomic E-state index is -0.941. The highest BCUT2D eigenvalue weighted by atomic mass is 32.2. The maximum absolute atomic E-state index is 12.3. The lowest BCUT2D eigenvalue weighted by Gasteiger charge is -2.34. The van der Waals surface area contributed by atoms with Crippen LogP contribution in [-0.2, 0) is 26.1 Å². The number of benzene rings is 1. The molecule has 1 heterocycles. The summed E-state index contributed by atoms with van der Waals surface area (Å²) in [6.45, 7) is 7.02. The number of piperidine rings is 1. The second-order valence-electron chi connectivity index (χ2n) is 6.55. The zero-order valence-electron chi connectivity index (χ0n) is 16.4. The van der Waals surface area contributed by atoms with E-state index in [-0.39, 0.29) is 11.9 Å². The van der Waals surface area contributed by atoms with Crippen LogP contribution in [0.4, 0.5) is 0 Å². The summed E-state index contributed by atoms with van der Waals surface area (Å²) < 4.78 is 17.5. The molecule has 0 aromatic heterocycles. The number of hydrogen-bond donors (Lipinski definition) is 1. The molecule has 0 spiro atoms. The van der Waals surface area contributed by atoms with E-state index in [2.05, 4.69) is 15.2 Å². The van der Waals surface area contributed by atoms with E-state index in [9.17, 15) is 9.00 Å². The van der Waals surface area contributed by atoms with Crippen molar-refractivity contribution >= 4 is 22.7 Å². The van der Waals surface area contributed by atoms with Gasteiger partial charge in [0.05, 0.1) is 19.1 Å². The Kier molecular flexibility index (Phi) is 9.31. The Morgan fingerprint density at radius 3 is 2.81 bits per heavy atom. The monoisotopic (exact) mass is 393 g/mol. The molecule has 2 unspecified atom stereocenters. The lowest BCUT2D eigenvalue weighted by molar-refractivity contribution is -0.149. The standard InChI is InChI=1S/C20H31N3O3S/c1-3-21-20(23-13-8-11-18(15-23)19(24)26-4-2)22-12-14-27(25)16-17-9-6-5-7-10-17/h5-7,9-10,18H,3-4,8,11-16H2,1-2H3,(H,21,22). The van der Waals surface area contributed by atoms with Crippen molar-refractivity contribution in [3.8, 4) is 0 Å². The first-order chi connectivity index (χ1) is 13.1. The van der Waals surface area contributed by atoms with Gasteiger partial charge in [-0.1, -0.05) is 30.3 Å². The number of guanidine groups is 1. The predicted molar refractivity (Wildman–Crippen MR) is 110 cm³/mol. The van der Waals surface area contributed by atoms with Crippen LogP contribution in [0, 0.1) is 5.92 Å². The average molecular weight is 394 g/mol. The van der Waals surface area contributed by atoms with Crippen molar-refractivity contribution in [2.75, 3.05) is 38.5 Å². The lowest BCUT2D eigenvalue weighted by Crippen LogP contribution is -2.48. The molecular formula is C20H31N3O3S. The Labute approximate surface area is 164 Å². The van der Waals surface area contributed by atoms with Gasteiger partial charge in [-0.05, 0) is 32.3 Å². The van der Waals surface area contributed by atoms with E-state index >= 15 is 0 Å². The van der Waals surface area contributed by atoms with Crippen molar-refractivity contribution in [1.82, 2.24) is 10.2 Å². The van der Waals surface area contributed by atoms with Crippen LogP contribution in [-0.4, -0.2) is 59.6 Å². The molecule has 0 bridgehead atoms. The fourth-order valence-corrected chi connectivity index (χ4v) is 4.14. The SMILES string of the molecule is CCNC(=NCCS(=O)Cc1ccccc1)N1CCCC(C(=O)OCC)C1. The number of rotatable bonds is 8. The third kappa shape index (κ3) is 7.33. The maximum atomic E-state index is 12.3. The number of carbonyl (C=O) groups is 1. The van der Waals surface area contributed by atoms with E-state index in [1.54, 1.807) is 0 Å². The van der Waals surface area contributed by atoms with Crippen molar-refractivity contribution in [3.05, 3.63) is 35.9 Å². The number of nitrogens with one attached hydrogen (secondary N) is 1. The third-order valence-corrected chi connectivity index (χ3v) is 5.72. The average Bonchev–Trinajstić information content (AvgIpc) is 2.68. The van der Waals surface area contributed by atoms with Crippen LogP contribution in [0.2, 0.25) is 0 Å². The van der Waals surface area contributed by atoms with Crippen molar-refractivity contribution in [3.63, 3.8) is 0 Å². The van der Waals surface area contributed by atoms with Crippen molar-refractivity contribution in [2.24, 2.45) is 10.9 Å². The zero-order chi connectivity index (χ0) is 19.5. The number of ether oxygens (including phenoxy) is 1. The van der Waals surface area contributed by atoms with Gasteiger partial charge < -0.3 is 15.0 Å². The van der Waals surface area contributed by atoms with E-state index in [4.69, 9.17) is 4.74 Å². The van der Waals surface area contributed by atoms with E-state index in [0.29, 0.717) is 31.2 Å². The van der Waals surface area contributed by atoms with Crippen LogP contribution in [0.3, 0.4) is 0 Å². The molecule has 1 aliphatic heterocycles. The number of hydrogen-bond acceptors (Lipinski definition) is 4. The first kappa shape index (κ1) is 21.4. The lowest BCUT2D eigenvalue weighted by atomic mass is 9.98. The largest absolute Gasteiger partial charge is 0.466 e. The van der Waals surface area contributed by atoms with Crippen LogP contribution in [0.15, 0.2) is 35.3 Å². The molecule has 1 fully saturated rings. The van der Waals surface area contributed by atoms with Crippen molar-refractivity contribution < 1.29 is 13.7 Å². The maximum Gasteiger partial charge on any atom is 0.310 e. The first-order valence-electron chi connectivity index (χ1n) is 9.72. The van der Waals surface area contributed by atoms with Gasteiger partial charge in [-0.2, -0.15) is 0 Å². The molecule has 1 aromatic rings. The molecule has 1 saturated heterocycles. The Morgan fingerprint density at radius 1 is 1.33 bits per heavy atom. The quantitative estimate of drug-likeness (QED) is 0.416. The van der Waals surface area contributed by atoms with Gasteiger partial charge in [-0.3, -0.25) is 14.0 Å². The van der Waals surface area contributed by atoms with Crippen LogP contribution in [0.1, 0.15) is 32.3 Å². The molecule has 1 aromatic carbocycles. The molecule has 150 valence electrons. The smallest absolute Gasteiger partial charge is 0.310 e. The van der Waals surface area contributed by atoms with Crippen LogP contribution < -0.4 is 5.32 Å². The highest BCUT2D eigenvalue weighted by Crippen LogP contribution is 2.18. The number of nitrogens with zero attached hydrogens (tertiary/aromatic N) is 2. The molecule has 2 atom stereocenters. The van der Waals surface area contributed by atoms with Crippen molar-refractivity contribution in [2.45, 2.75) is 32.4 Å². The van der Waals surface area contributed by atoms with Gasteiger partial charge >= 0.3 is 5.97 Å². The summed E-state index contributed by atoms with van der Waals surface area (Å²) in [6, 6.07) is 9.87. The minimum Gasteiger partial charge on any atom is -0.466 e. The highest BCUT2D eigenvalue weighted by Gasteiger charge is 2.28. The van der Waals surface area contributed by atoms with Gasteiger partial charge in [0.25, 0.3) is 0 Å². The van der Waals surface area contributed by atoms with E-state index in [1.165, 1.54) is 0 Å². The number of esters is 1. The van der Waals surface area contributed by atoms with Gasteiger partial charge in [0.2, 0.25) is 0 Å². The topological polar surface area (TPSA) is 71.0 Å². The molecular weight excluding hydrogens is 362 g/mol. The molecule has 2 rings (SSSR count). The molecule has 0 aliphatic carbocycles. The fraction of sp³-hybridized carbons (Fsp3) is 0.600. The molecule has 0 radical (unpaired) electrons. The molecule has 1 N–H and O–H groups in total. The van der Waals surface area contributed by atoms with Gasteiger partial charge in [0.15, 0.2) is 5.96 Å². The summed E-state index contributed by atoms with van der Waals surface area (Å²) in [4.78, 5) is 18.8. The van der Waals surface area contributed by atoms with Gasteiger partial charge in [-0.15, -0.1) is 0 Å². The van der Waals surface area contributed by atoms with Gasteiger partial charge in [0, 0.05) is 41.9 Å². The summed E-state index contributed by atoms with van der Waals surface area (Å²) in [6.07, 6.45) is 1.80. The van der Waals surface area contributed by atoms with Gasteiger partial charge in [0.1, 0.15) is 0 Å². The summed E-state index contributed by atoms with van der Waals surface area (Å²) in [5.74, 6) is 1.65. The first-order valence-corrected chi connectivity index (χ1v) is 11.2. The fourth-order valence-electron chi connectivity index (χ4n) is 3.13. The van der Waals surface area contributed by atoms with Crippen LogP contribution >= 0.6 is 0 Å². The minimum absolute atomic E-state index is 0.102. The predicted octanol–water partition coefficient (Wildman–Crippen LogP) is 2.18. The number of carbonyl (C=O) groups excluding carboxylic acids is 1. The molecule has 0 amide bonds. The van der Waals surface area contributed by atoms with Gasteiger partial charge in [-0.25, -0.2) is 0 Å². The van der Waals surface area contributed by atoms with Crippen LogP contribution in [0.5, 0.6) is 0 Å². The van der Waals surface area contributed by atoms with E-state index in [0.717, 1.165) is 37.5 Å². The Hall–Kier alpha value is -1.89. The summed E-state index contributed by atoms with van der Waals surface area (Å²) in [5.41, 5.74) is 1.08. The number of aliphatic imine (C=N–C) groups is 1. The normalized spacial score (nSPS) is 18.8. The molecule has 27 heavy (non-hydrogen) atoms. The number of likely N-dealkylation sites (tertiary alicyclic amines) is 1. The van der Waals surface area contributed by atoms with E-state index in [1.807, 2.05) is 44.2 Å². The Bertz CT molecular complexity index is 637. The molecule has 6 nitrogen and oxygen atoms in total. The zero-order valence-corrected chi connectivity index (χ0v) is 17.2. The summed E-state index contributed by atoms with van der Waals surface area (Å²) >= 11 is 0. The van der Waals surface area contributed by atoms with Crippen molar-refractivity contribution in [1.29, 1.82) is 0 Å². The molecule has 0 saturated carbocycles. The third-order valence-electron chi connectivity index (χ3n) is 4.43. The molecule has 7 heteroatoms. The van der Waals surface area contributed by atoms with Crippen LogP contribution in [0.25, 0.3) is 0 Å². The summed E-state index contributed by atoms with van der Waals surface area (Å²) in [7, 11) is -0.941. The second-order valence-corrected chi connectivity index (χ2v) is 8.12. The second kappa shape index (κ2) is 11.7. The summed E-state index contributed by atoms with van der Waals surface area (Å²) in [5, 5.41) is 3.29. The van der Waals surface area contributed by atoms with E-state index < -0.39 is 10.8 Å². The Balaban J connectivity index is 1.89. The Morgan fingerprint density at radius 2 is 2.11 bits per heavy atom. The highest BCUT2D eigenvalue weighted by molar-refractivity contribution is 7.84.